The summed E-state index contributed by atoms with van der Waals surface area (Å²) in [6.07, 6.45) is 3.35. The van der Waals surface area contributed by atoms with Crippen molar-refractivity contribution in [2.45, 2.75) is 38.6 Å². The Labute approximate surface area is 97.5 Å². The minimum absolute atomic E-state index is 0.281. The van der Waals surface area contributed by atoms with Crippen LogP contribution in [0.15, 0.2) is 0 Å². The van der Waals surface area contributed by atoms with Crippen molar-refractivity contribution in [3.63, 3.8) is 0 Å². The van der Waals surface area contributed by atoms with Gasteiger partial charge in [-0.05, 0) is 25.8 Å². The number of esters is 1. The quantitative estimate of drug-likeness (QED) is 0.421. The van der Waals surface area contributed by atoms with Crippen LogP contribution < -0.4 is 11.5 Å². The average molecular weight is 232 g/mol. The van der Waals surface area contributed by atoms with Gasteiger partial charge in [0.1, 0.15) is 12.6 Å². The van der Waals surface area contributed by atoms with Gasteiger partial charge >= 0.3 is 5.97 Å². The second-order valence-electron chi connectivity index (χ2n) is 3.67. The monoisotopic (exact) mass is 232 g/mol. The molecule has 0 aromatic heterocycles. The molecule has 0 saturated carbocycles. The molecular weight excluding hydrogens is 208 g/mol. The summed E-state index contributed by atoms with van der Waals surface area (Å²) in [5.74, 6) is -0.350. The smallest absolute Gasteiger partial charge is 0.322 e. The van der Waals surface area contributed by atoms with Crippen molar-refractivity contribution in [1.82, 2.24) is 0 Å². The zero-order valence-electron chi connectivity index (χ0n) is 10.1. The molecule has 5 nitrogen and oxygen atoms in total. The van der Waals surface area contributed by atoms with E-state index in [9.17, 15) is 4.79 Å². The maximum atomic E-state index is 11.3. The number of carbonyl (C=O) groups is 1. The predicted octanol–water partition coefficient (Wildman–Crippen LogP) is 0.413. The van der Waals surface area contributed by atoms with Gasteiger partial charge in [-0.15, -0.1) is 0 Å². The molecule has 0 aromatic rings. The number of rotatable bonds is 10. The van der Waals surface area contributed by atoms with E-state index < -0.39 is 6.04 Å². The molecule has 5 heteroatoms. The molecule has 0 amide bonds. The summed E-state index contributed by atoms with van der Waals surface area (Å²) in [7, 11) is 0. The van der Waals surface area contributed by atoms with Gasteiger partial charge in [0, 0.05) is 6.61 Å². The highest BCUT2D eigenvalue weighted by molar-refractivity contribution is 5.75. The Kier molecular flexibility index (Phi) is 10.4. The maximum absolute atomic E-state index is 11.3. The molecule has 0 radical (unpaired) electrons. The SMILES string of the molecule is CCCOCCOC(=O)C(N)CCCCN. The minimum Gasteiger partial charge on any atom is -0.462 e. The highest BCUT2D eigenvalue weighted by Gasteiger charge is 2.13. The van der Waals surface area contributed by atoms with Crippen molar-refractivity contribution in [2.75, 3.05) is 26.4 Å². The second-order valence-corrected chi connectivity index (χ2v) is 3.67. The normalized spacial score (nSPS) is 12.4. The molecule has 0 aliphatic rings. The summed E-state index contributed by atoms with van der Waals surface area (Å²) in [5.41, 5.74) is 11.0. The number of hydrogen-bond donors (Lipinski definition) is 2. The van der Waals surface area contributed by atoms with Crippen LogP contribution in [-0.2, 0) is 14.3 Å². The zero-order valence-corrected chi connectivity index (χ0v) is 10.1. The highest BCUT2D eigenvalue weighted by atomic mass is 16.6. The lowest BCUT2D eigenvalue weighted by Crippen LogP contribution is -2.33. The summed E-state index contributed by atoms with van der Waals surface area (Å²) >= 11 is 0. The van der Waals surface area contributed by atoms with E-state index in [1.54, 1.807) is 0 Å². The summed E-state index contributed by atoms with van der Waals surface area (Å²) in [6, 6.07) is -0.530. The van der Waals surface area contributed by atoms with Gasteiger partial charge < -0.3 is 20.9 Å². The summed E-state index contributed by atoms with van der Waals surface area (Å²) in [4.78, 5) is 11.3. The van der Waals surface area contributed by atoms with Crippen molar-refractivity contribution in [3.8, 4) is 0 Å². The van der Waals surface area contributed by atoms with Crippen molar-refractivity contribution in [1.29, 1.82) is 0 Å². The molecule has 0 aliphatic carbocycles. The zero-order chi connectivity index (χ0) is 12.2. The molecule has 0 saturated heterocycles. The van der Waals surface area contributed by atoms with E-state index in [2.05, 4.69) is 0 Å². The van der Waals surface area contributed by atoms with E-state index in [0.717, 1.165) is 19.3 Å². The van der Waals surface area contributed by atoms with E-state index in [4.69, 9.17) is 20.9 Å². The first-order valence-electron chi connectivity index (χ1n) is 5.92. The molecular formula is C11H24N2O3. The van der Waals surface area contributed by atoms with E-state index in [1.165, 1.54) is 0 Å². The van der Waals surface area contributed by atoms with Crippen LogP contribution in [0.25, 0.3) is 0 Å². The molecule has 0 aliphatic heterocycles. The molecule has 0 spiro atoms. The number of nitrogens with two attached hydrogens (primary N) is 2. The molecule has 0 rings (SSSR count). The number of unbranched alkanes of at least 4 members (excludes halogenated alkanes) is 1. The molecule has 96 valence electrons. The first-order chi connectivity index (χ1) is 7.72. The molecule has 0 bridgehead atoms. The van der Waals surface area contributed by atoms with Gasteiger partial charge in [-0.1, -0.05) is 13.3 Å². The predicted molar refractivity (Wildman–Crippen MR) is 62.9 cm³/mol. The molecule has 0 aromatic carbocycles. The maximum Gasteiger partial charge on any atom is 0.322 e. The Hall–Kier alpha value is -0.650. The topological polar surface area (TPSA) is 87.6 Å². The Morgan fingerprint density at radius 2 is 2.00 bits per heavy atom. The lowest BCUT2D eigenvalue weighted by molar-refractivity contribution is -0.146. The van der Waals surface area contributed by atoms with Crippen LogP contribution in [0.4, 0.5) is 0 Å². The largest absolute Gasteiger partial charge is 0.462 e. The third kappa shape index (κ3) is 8.64. The van der Waals surface area contributed by atoms with Gasteiger partial charge in [0.25, 0.3) is 0 Å². The fourth-order valence-corrected chi connectivity index (χ4v) is 1.18. The van der Waals surface area contributed by atoms with Gasteiger partial charge in [-0.25, -0.2) is 0 Å². The van der Waals surface area contributed by atoms with Crippen LogP contribution in [0.5, 0.6) is 0 Å². The van der Waals surface area contributed by atoms with Crippen LogP contribution in [0, 0.1) is 0 Å². The molecule has 16 heavy (non-hydrogen) atoms. The molecule has 4 N–H and O–H groups in total. The van der Waals surface area contributed by atoms with Crippen molar-refractivity contribution in [2.24, 2.45) is 11.5 Å². The molecule has 1 atom stereocenters. The van der Waals surface area contributed by atoms with Crippen LogP contribution in [0.2, 0.25) is 0 Å². The van der Waals surface area contributed by atoms with Crippen LogP contribution in [0.1, 0.15) is 32.6 Å². The fourth-order valence-electron chi connectivity index (χ4n) is 1.18. The van der Waals surface area contributed by atoms with Crippen LogP contribution >= 0.6 is 0 Å². The van der Waals surface area contributed by atoms with Gasteiger partial charge in [0.15, 0.2) is 0 Å². The third-order valence-corrected chi connectivity index (χ3v) is 2.09. The lowest BCUT2D eigenvalue weighted by Gasteiger charge is -2.11. The van der Waals surface area contributed by atoms with Gasteiger partial charge in [0.05, 0.1) is 6.61 Å². The Morgan fingerprint density at radius 1 is 1.25 bits per heavy atom. The standard InChI is InChI=1S/C11H24N2O3/c1-2-7-15-8-9-16-11(14)10(13)5-3-4-6-12/h10H,2-9,12-13H2,1H3. The minimum atomic E-state index is -0.530. The van der Waals surface area contributed by atoms with E-state index in [1.807, 2.05) is 6.92 Å². The van der Waals surface area contributed by atoms with Gasteiger partial charge in [0.2, 0.25) is 0 Å². The summed E-state index contributed by atoms with van der Waals surface area (Å²) in [6.45, 7) is 4.07. The Bertz CT molecular complexity index is 177. The summed E-state index contributed by atoms with van der Waals surface area (Å²) in [5, 5.41) is 0. The van der Waals surface area contributed by atoms with Crippen molar-refractivity contribution in [3.05, 3.63) is 0 Å². The first-order valence-corrected chi connectivity index (χ1v) is 5.92. The van der Waals surface area contributed by atoms with Gasteiger partial charge in [-0.3, -0.25) is 4.79 Å². The first kappa shape index (κ1) is 15.3. The summed E-state index contributed by atoms with van der Waals surface area (Å²) < 4.78 is 10.1. The Morgan fingerprint density at radius 3 is 2.62 bits per heavy atom. The van der Waals surface area contributed by atoms with E-state index in [0.29, 0.717) is 26.2 Å². The van der Waals surface area contributed by atoms with Crippen LogP contribution in [0.3, 0.4) is 0 Å². The van der Waals surface area contributed by atoms with Crippen molar-refractivity contribution < 1.29 is 14.3 Å². The van der Waals surface area contributed by atoms with E-state index >= 15 is 0 Å². The Balaban J connectivity index is 3.40. The molecule has 0 fully saturated rings. The average Bonchev–Trinajstić information content (AvgIpc) is 2.28. The molecule has 1 unspecified atom stereocenters. The lowest BCUT2D eigenvalue weighted by atomic mass is 10.1. The number of ether oxygens (including phenoxy) is 2. The second kappa shape index (κ2) is 10.9. The third-order valence-electron chi connectivity index (χ3n) is 2.09. The van der Waals surface area contributed by atoms with E-state index in [-0.39, 0.29) is 12.6 Å². The number of hydrogen-bond acceptors (Lipinski definition) is 5. The highest BCUT2D eigenvalue weighted by Crippen LogP contribution is 1.99. The number of carbonyl (C=O) groups excluding carboxylic acids is 1. The van der Waals surface area contributed by atoms with Gasteiger partial charge in [-0.2, -0.15) is 0 Å². The molecule has 0 heterocycles. The van der Waals surface area contributed by atoms with Crippen LogP contribution in [-0.4, -0.2) is 38.4 Å². The van der Waals surface area contributed by atoms with Crippen molar-refractivity contribution >= 4 is 5.97 Å². The fraction of sp³-hybridized carbons (Fsp3) is 0.909.